The van der Waals surface area contributed by atoms with Gasteiger partial charge in [-0.1, -0.05) is 66.2 Å². The van der Waals surface area contributed by atoms with Crippen molar-refractivity contribution in [2.75, 3.05) is 0 Å². The van der Waals surface area contributed by atoms with Crippen LogP contribution in [0.2, 0.25) is 5.02 Å². The van der Waals surface area contributed by atoms with E-state index in [0.29, 0.717) is 23.1 Å². The number of nitrogens with zero attached hydrogens (tertiary/aromatic N) is 1. The van der Waals surface area contributed by atoms with E-state index in [2.05, 4.69) is 23.2 Å². The maximum absolute atomic E-state index is 6.18. The number of aromatic nitrogens is 1. The first-order valence-electron chi connectivity index (χ1n) is 9.02. The summed E-state index contributed by atoms with van der Waals surface area (Å²) in [6, 6.07) is 27.8. The molecule has 0 aliphatic heterocycles. The first-order chi connectivity index (χ1) is 13.8. The fraction of sp³-hybridized carbons (Fsp3) is 0.0417. The number of halogens is 1. The number of hydrogen-bond donors (Lipinski definition) is 0. The van der Waals surface area contributed by atoms with E-state index in [1.165, 1.54) is 0 Å². The van der Waals surface area contributed by atoms with Gasteiger partial charge >= 0.3 is 0 Å². The van der Waals surface area contributed by atoms with Gasteiger partial charge in [-0.25, -0.2) is 4.98 Å². The van der Waals surface area contributed by atoms with E-state index < -0.39 is 0 Å². The summed E-state index contributed by atoms with van der Waals surface area (Å²) in [7, 11) is 0. The lowest BCUT2D eigenvalue weighted by atomic mass is 10.1. The number of ether oxygens (including phenoxy) is 1. The summed E-state index contributed by atoms with van der Waals surface area (Å²) in [5, 5.41) is 2.84. The molecule has 0 radical (unpaired) electrons. The second-order valence-corrected chi connectivity index (χ2v) is 7.04. The lowest BCUT2D eigenvalue weighted by Gasteiger charge is -2.11. The smallest absolute Gasteiger partial charge is 0.231 e. The molecule has 0 atom stereocenters. The molecule has 1 aromatic heterocycles. The van der Waals surface area contributed by atoms with Crippen molar-refractivity contribution in [3.05, 3.63) is 95.5 Å². The van der Waals surface area contributed by atoms with Gasteiger partial charge in [-0.15, -0.1) is 0 Å². The van der Waals surface area contributed by atoms with E-state index in [9.17, 15) is 0 Å². The van der Waals surface area contributed by atoms with Gasteiger partial charge in [0.05, 0.1) is 5.56 Å². The SMILES string of the molecule is Clc1ccc2oc(-c3cc4ccccc4cc3OCc3ccccc3)nc2c1. The summed E-state index contributed by atoms with van der Waals surface area (Å²) in [5.74, 6) is 1.26. The Balaban J connectivity index is 1.62. The molecule has 0 amide bonds. The average Bonchev–Trinajstić information content (AvgIpc) is 3.15. The van der Waals surface area contributed by atoms with Crippen LogP contribution in [0, 0.1) is 0 Å². The van der Waals surface area contributed by atoms with Crippen molar-refractivity contribution >= 4 is 33.5 Å². The maximum Gasteiger partial charge on any atom is 0.231 e. The van der Waals surface area contributed by atoms with E-state index in [1.54, 1.807) is 12.1 Å². The van der Waals surface area contributed by atoms with Crippen LogP contribution in [0.3, 0.4) is 0 Å². The molecule has 0 N–H and O–H groups in total. The predicted octanol–water partition coefficient (Wildman–Crippen LogP) is 6.88. The summed E-state index contributed by atoms with van der Waals surface area (Å²) in [6.45, 7) is 0.470. The maximum atomic E-state index is 6.18. The van der Waals surface area contributed by atoms with E-state index >= 15 is 0 Å². The van der Waals surface area contributed by atoms with Crippen LogP contribution in [0.1, 0.15) is 5.56 Å². The first-order valence-corrected chi connectivity index (χ1v) is 9.40. The fourth-order valence-corrected chi connectivity index (χ4v) is 3.42. The van der Waals surface area contributed by atoms with Crippen molar-refractivity contribution in [2.24, 2.45) is 0 Å². The quantitative estimate of drug-likeness (QED) is 0.338. The second kappa shape index (κ2) is 7.02. The van der Waals surface area contributed by atoms with Crippen LogP contribution in [-0.2, 0) is 6.61 Å². The van der Waals surface area contributed by atoms with Gasteiger partial charge in [-0.3, -0.25) is 0 Å². The lowest BCUT2D eigenvalue weighted by Crippen LogP contribution is -1.97. The van der Waals surface area contributed by atoms with Crippen molar-refractivity contribution < 1.29 is 9.15 Å². The third-order valence-electron chi connectivity index (χ3n) is 4.67. The minimum absolute atomic E-state index is 0.470. The zero-order valence-electron chi connectivity index (χ0n) is 14.9. The van der Waals surface area contributed by atoms with E-state index in [0.717, 1.165) is 33.2 Å². The van der Waals surface area contributed by atoms with Gasteiger partial charge in [0.25, 0.3) is 0 Å². The number of benzene rings is 4. The number of hydrogen-bond acceptors (Lipinski definition) is 3. The standard InChI is InChI=1S/C24H16ClNO2/c25-19-10-11-22-21(14-19)26-24(28-22)20-12-17-8-4-5-9-18(17)13-23(20)27-15-16-6-2-1-3-7-16/h1-14H,15H2. The number of fused-ring (bicyclic) bond motifs is 2. The van der Waals surface area contributed by atoms with Gasteiger partial charge in [-0.05, 0) is 46.7 Å². The van der Waals surface area contributed by atoms with Gasteiger partial charge in [0.1, 0.15) is 17.9 Å². The van der Waals surface area contributed by atoms with Crippen LogP contribution >= 0.6 is 11.6 Å². The zero-order valence-corrected chi connectivity index (χ0v) is 15.7. The zero-order chi connectivity index (χ0) is 18.9. The summed E-state index contributed by atoms with van der Waals surface area (Å²) >= 11 is 6.09. The van der Waals surface area contributed by atoms with E-state index in [4.69, 9.17) is 20.8 Å². The minimum Gasteiger partial charge on any atom is -0.488 e. The van der Waals surface area contributed by atoms with Gasteiger partial charge in [0.15, 0.2) is 5.58 Å². The molecular formula is C24H16ClNO2. The molecule has 0 spiro atoms. The van der Waals surface area contributed by atoms with Crippen molar-refractivity contribution in [3.63, 3.8) is 0 Å². The monoisotopic (exact) mass is 385 g/mol. The molecule has 4 heteroatoms. The largest absolute Gasteiger partial charge is 0.488 e. The Kier molecular flexibility index (Phi) is 4.22. The van der Waals surface area contributed by atoms with Gasteiger partial charge in [-0.2, -0.15) is 0 Å². The van der Waals surface area contributed by atoms with Crippen molar-refractivity contribution in [1.29, 1.82) is 0 Å². The van der Waals surface area contributed by atoms with Crippen LogP contribution in [0.25, 0.3) is 33.3 Å². The molecule has 28 heavy (non-hydrogen) atoms. The molecule has 0 aliphatic carbocycles. The highest BCUT2D eigenvalue weighted by atomic mass is 35.5. The molecule has 1 heterocycles. The second-order valence-electron chi connectivity index (χ2n) is 6.60. The topological polar surface area (TPSA) is 35.3 Å². The van der Waals surface area contributed by atoms with Crippen LogP contribution < -0.4 is 4.74 Å². The molecule has 0 saturated carbocycles. The highest BCUT2D eigenvalue weighted by Crippen LogP contribution is 2.36. The molecular weight excluding hydrogens is 370 g/mol. The Hall–Kier alpha value is -3.30. The Morgan fingerprint density at radius 3 is 2.39 bits per heavy atom. The molecule has 0 bridgehead atoms. The molecule has 3 nitrogen and oxygen atoms in total. The molecule has 0 unspecified atom stereocenters. The summed E-state index contributed by atoms with van der Waals surface area (Å²) in [6.07, 6.45) is 0. The molecule has 5 aromatic rings. The summed E-state index contributed by atoms with van der Waals surface area (Å²) in [5.41, 5.74) is 3.35. The number of rotatable bonds is 4. The van der Waals surface area contributed by atoms with Crippen molar-refractivity contribution in [3.8, 4) is 17.2 Å². The minimum atomic E-state index is 0.470. The van der Waals surface area contributed by atoms with Crippen LogP contribution in [0.5, 0.6) is 5.75 Å². The lowest BCUT2D eigenvalue weighted by molar-refractivity contribution is 0.307. The fourth-order valence-electron chi connectivity index (χ4n) is 3.26. The third-order valence-corrected chi connectivity index (χ3v) is 4.90. The van der Waals surface area contributed by atoms with Gasteiger partial charge in [0, 0.05) is 5.02 Å². The van der Waals surface area contributed by atoms with Crippen LogP contribution in [0.4, 0.5) is 0 Å². The van der Waals surface area contributed by atoms with Crippen molar-refractivity contribution in [1.82, 2.24) is 4.98 Å². The Labute approximate surface area is 167 Å². The predicted molar refractivity (Wildman–Crippen MR) is 113 cm³/mol. The van der Waals surface area contributed by atoms with E-state index in [-0.39, 0.29) is 0 Å². The van der Waals surface area contributed by atoms with E-state index in [1.807, 2.05) is 54.6 Å². The third kappa shape index (κ3) is 3.21. The first kappa shape index (κ1) is 16.8. The normalized spacial score (nSPS) is 11.2. The molecule has 0 fully saturated rings. The molecule has 0 saturated heterocycles. The van der Waals surface area contributed by atoms with Gasteiger partial charge in [0.2, 0.25) is 5.89 Å². The van der Waals surface area contributed by atoms with Crippen molar-refractivity contribution in [2.45, 2.75) is 6.61 Å². The van der Waals surface area contributed by atoms with Gasteiger partial charge < -0.3 is 9.15 Å². The van der Waals surface area contributed by atoms with Crippen LogP contribution in [-0.4, -0.2) is 4.98 Å². The summed E-state index contributed by atoms with van der Waals surface area (Å²) < 4.78 is 12.2. The molecule has 5 rings (SSSR count). The Morgan fingerprint density at radius 2 is 1.57 bits per heavy atom. The Bertz CT molecular complexity index is 1280. The van der Waals surface area contributed by atoms with Crippen LogP contribution in [0.15, 0.2) is 89.3 Å². The highest BCUT2D eigenvalue weighted by Gasteiger charge is 2.15. The summed E-state index contributed by atoms with van der Waals surface area (Å²) in [4.78, 5) is 4.64. The molecule has 0 aliphatic rings. The average molecular weight is 386 g/mol. The molecule has 4 aromatic carbocycles. The highest BCUT2D eigenvalue weighted by molar-refractivity contribution is 6.31. The number of oxazole rings is 1. The Morgan fingerprint density at radius 1 is 0.821 bits per heavy atom. The molecule has 136 valence electrons.